The lowest BCUT2D eigenvalue weighted by Gasteiger charge is -2.12. The molecule has 0 saturated heterocycles. The summed E-state index contributed by atoms with van der Waals surface area (Å²) in [6, 6.07) is 1.06. The number of hydrogen-bond acceptors (Lipinski definition) is 4. The van der Waals surface area contributed by atoms with E-state index in [4.69, 9.17) is 28.3 Å². The van der Waals surface area contributed by atoms with Crippen LogP contribution >= 0.6 is 23.2 Å². The molecule has 2 heterocycles. The highest BCUT2D eigenvalue weighted by molar-refractivity contribution is 6.36. The molecule has 0 unspecified atom stereocenters. The van der Waals surface area contributed by atoms with Crippen molar-refractivity contribution >= 4 is 34.1 Å². The lowest BCUT2D eigenvalue weighted by molar-refractivity contribution is 0.236. The molecule has 7 heteroatoms. The van der Waals surface area contributed by atoms with Crippen LogP contribution in [0.1, 0.15) is 13.0 Å². The highest BCUT2D eigenvalue weighted by Crippen LogP contribution is 2.20. The summed E-state index contributed by atoms with van der Waals surface area (Å²) in [6.45, 7) is 1.55. The number of nitrogens with zero attached hydrogens (tertiary/aromatic N) is 3. The number of pyridine rings is 1. The lowest BCUT2D eigenvalue weighted by atomic mass is 10.3. The maximum atomic E-state index is 12.1. The van der Waals surface area contributed by atoms with Crippen LogP contribution in [0.15, 0.2) is 17.2 Å². The van der Waals surface area contributed by atoms with Crippen molar-refractivity contribution in [3.8, 4) is 0 Å². The van der Waals surface area contributed by atoms with Crippen molar-refractivity contribution in [3.63, 3.8) is 0 Å². The molecule has 1 N–H and O–H groups in total. The predicted octanol–water partition coefficient (Wildman–Crippen LogP) is 1.65. The molecule has 2 rings (SSSR count). The van der Waals surface area contributed by atoms with Crippen molar-refractivity contribution in [2.45, 2.75) is 13.0 Å². The molecule has 0 amide bonds. The van der Waals surface area contributed by atoms with Crippen molar-refractivity contribution in [1.29, 1.82) is 0 Å². The normalized spacial score (nSPS) is 12.9. The molecule has 90 valence electrons. The molecular formula is C10H9Cl2N3O2. The van der Waals surface area contributed by atoms with E-state index in [1.807, 2.05) is 0 Å². The minimum absolute atomic E-state index is 0.0911. The standard InChI is InChI=1S/C10H9Cl2N3O2/c1-5(3-16)15-4-13-8-6(10(15)17)2-7(11)14-9(8)12/h2,4-5,16H,3H2,1H3/t5-/m0/s1. The van der Waals surface area contributed by atoms with Gasteiger partial charge in [-0.15, -0.1) is 0 Å². The fourth-order valence-corrected chi connectivity index (χ4v) is 1.96. The molecule has 17 heavy (non-hydrogen) atoms. The van der Waals surface area contributed by atoms with Crippen molar-refractivity contribution in [3.05, 3.63) is 33.1 Å². The summed E-state index contributed by atoms with van der Waals surface area (Å²) in [7, 11) is 0. The predicted molar refractivity (Wildman–Crippen MR) is 65.6 cm³/mol. The SMILES string of the molecule is C[C@@H](CO)n1cnc2c(Cl)nc(Cl)cc2c1=O. The lowest BCUT2D eigenvalue weighted by Crippen LogP contribution is -2.25. The van der Waals surface area contributed by atoms with Gasteiger partial charge in [-0.3, -0.25) is 9.36 Å². The van der Waals surface area contributed by atoms with Crippen molar-refractivity contribution in [2.75, 3.05) is 6.61 Å². The molecule has 1 atom stereocenters. The molecule has 0 bridgehead atoms. The van der Waals surface area contributed by atoms with E-state index in [1.165, 1.54) is 17.0 Å². The van der Waals surface area contributed by atoms with Gasteiger partial charge in [-0.05, 0) is 13.0 Å². The summed E-state index contributed by atoms with van der Waals surface area (Å²) in [4.78, 5) is 20.0. The Labute approximate surface area is 107 Å². The monoisotopic (exact) mass is 273 g/mol. The van der Waals surface area contributed by atoms with E-state index in [9.17, 15) is 4.79 Å². The Kier molecular flexibility index (Phi) is 3.33. The maximum absolute atomic E-state index is 12.1. The van der Waals surface area contributed by atoms with E-state index in [2.05, 4.69) is 9.97 Å². The van der Waals surface area contributed by atoms with Gasteiger partial charge in [-0.25, -0.2) is 9.97 Å². The van der Waals surface area contributed by atoms with Crippen LogP contribution in [-0.2, 0) is 0 Å². The molecule has 0 saturated carbocycles. The molecule has 2 aromatic heterocycles. The van der Waals surface area contributed by atoms with E-state index in [0.717, 1.165) is 0 Å². The van der Waals surface area contributed by atoms with Crippen LogP contribution < -0.4 is 5.56 Å². The van der Waals surface area contributed by atoms with Crippen LogP contribution in [0, 0.1) is 0 Å². The summed E-state index contributed by atoms with van der Waals surface area (Å²) < 4.78 is 1.33. The average molecular weight is 274 g/mol. The Balaban J connectivity index is 2.80. The fourth-order valence-electron chi connectivity index (χ4n) is 1.48. The Hall–Kier alpha value is -1.17. The Morgan fingerprint density at radius 2 is 2.24 bits per heavy atom. The van der Waals surface area contributed by atoms with Gasteiger partial charge in [-0.1, -0.05) is 23.2 Å². The van der Waals surface area contributed by atoms with Gasteiger partial charge in [0.15, 0.2) is 5.15 Å². The zero-order chi connectivity index (χ0) is 12.6. The Morgan fingerprint density at radius 1 is 1.53 bits per heavy atom. The zero-order valence-electron chi connectivity index (χ0n) is 8.89. The Morgan fingerprint density at radius 3 is 2.88 bits per heavy atom. The summed E-state index contributed by atoms with van der Waals surface area (Å²) in [5.74, 6) is 0. The number of aliphatic hydroxyl groups excluding tert-OH is 1. The van der Waals surface area contributed by atoms with Crippen LogP contribution in [0.2, 0.25) is 10.3 Å². The average Bonchev–Trinajstić information content (AvgIpc) is 2.29. The van der Waals surface area contributed by atoms with Crippen LogP contribution in [0.4, 0.5) is 0 Å². The summed E-state index contributed by atoms with van der Waals surface area (Å²) >= 11 is 11.6. The molecule has 2 aromatic rings. The minimum Gasteiger partial charge on any atom is -0.394 e. The molecule has 0 fully saturated rings. The first-order valence-electron chi connectivity index (χ1n) is 4.88. The van der Waals surface area contributed by atoms with Gasteiger partial charge in [-0.2, -0.15) is 0 Å². The topological polar surface area (TPSA) is 68.0 Å². The largest absolute Gasteiger partial charge is 0.394 e. The molecule has 0 spiro atoms. The zero-order valence-corrected chi connectivity index (χ0v) is 10.4. The molecule has 0 aliphatic carbocycles. The van der Waals surface area contributed by atoms with E-state index in [-0.39, 0.29) is 33.9 Å². The van der Waals surface area contributed by atoms with Crippen molar-refractivity contribution in [1.82, 2.24) is 14.5 Å². The number of aromatic nitrogens is 3. The fraction of sp³-hybridized carbons (Fsp3) is 0.300. The second kappa shape index (κ2) is 4.60. The summed E-state index contributed by atoms with van der Waals surface area (Å²) in [5.41, 5.74) is 0.00482. The second-order valence-electron chi connectivity index (χ2n) is 3.62. The number of halogens is 2. The van der Waals surface area contributed by atoms with Gasteiger partial charge < -0.3 is 5.11 Å². The first-order chi connectivity index (χ1) is 8.04. The summed E-state index contributed by atoms with van der Waals surface area (Å²) in [5, 5.41) is 9.56. The van der Waals surface area contributed by atoms with E-state index < -0.39 is 0 Å². The smallest absolute Gasteiger partial charge is 0.261 e. The van der Waals surface area contributed by atoms with Gasteiger partial charge >= 0.3 is 0 Å². The molecule has 5 nitrogen and oxygen atoms in total. The van der Waals surface area contributed by atoms with E-state index >= 15 is 0 Å². The molecule has 0 radical (unpaired) electrons. The van der Waals surface area contributed by atoms with Gasteiger partial charge in [0.05, 0.1) is 24.4 Å². The van der Waals surface area contributed by atoms with Crippen molar-refractivity contribution < 1.29 is 5.11 Å². The van der Waals surface area contributed by atoms with Gasteiger partial charge in [0.2, 0.25) is 0 Å². The second-order valence-corrected chi connectivity index (χ2v) is 4.37. The van der Waals surface area contributed by atoms with Crippen LogP contribution in [0.3, 0.4) is 0 Å². The van der Waals surface area contributed by atoms with E-state index in [1.54, 1.807) is 6.92 Å². The van der Waals surface area contributed by atoms with Gasteiger partial charge in [0, 0.05) is 0 Å². The molecule has 0 aromatic carbocycles. The number of aliphatic hydroxyl groups is 1. The minimum atomic E-state index is -0.356. The molecular weight excluding hydrogens is 265 g/mol. The maximum Gasteiger partial charge on any atom is 0.261 e. The first-order valence-corrected chi connectivity index (χ1v) is 5.64. The first kappa shape index (κ1) is 12.3. The van der Waals surface area contributed by atoms with Crippen LogP contribution in [0.25, 0.3) is 10.9 Å². The molecule has 0 aliphatic heterocycles. The van der Waals surface area contributed by atoms with Crippen molar-refractivity contribution in [2.24, 2.45) is 0 Å². The van der Waals surface area contributed by atoms with Gasteiger partial charge in [0.25, 0.3) is 5.56 Å². The van der Waals surface area contributed by atoms with Crippen LogP contribution in [0.5, 0.6) is 0 Å². The third-order valence-corrected chi connectivity index (χ3v) is 2.89. The highest BCUT2D eigenvalue weighted by Gasteiger charge is 2.12. The number of fused-ring (bicyclic) bond motifs is 1. The quantitative estimate of drug-likeness (QED) is 0.845. The third kappa shape index (κ3) is 2.13. The number of rotatable bonds is 2. The third-order valence-electron chi connectivity index (χ3n) is 2.43. The van der Waals surface area contributed by atoms with Gasteiger partial charge in [0.1, 0.15) is 10.7 Å². The number of hydrogen-bond donors (Lipinski definition) is 1. The molecule has 0 aliphatic rings. The highest BCUT2D eigenvalue weighted by atomic mass is 35.5. The summed E-state index contributed by atoms with van der Waals surface area (Å²) in [6.07, 6.45) is 1.34. The van der Waals surface area contributed by atoms with Crippen LogP contribution in [-0.4, -0.2) is 26.2 Å². The Bertz CT molecular complexity index is 627. The van der Waals surface area contributed by atoms with E-state index in [0.29, 0.717) is 5.52 Å².